The molecular weight excluding hydrogens is 394 g/mol. The summed E-state index contributed by atoms with van der Waals surface area (Å²) in [6.07, 6.45) is 4.14. The molecule has 3 rings (SSSR count). The predicted molar refractivity (Wildman–Crippen MR) is 119 cm³/mol. The van der Waals surface area contributed by atoms with Crippen molar-refractivity contribution in [2.45, 2.75) is 26.8 Å². The molecule has 0 saturated heterocycles. The van der Waals surface area contributed by atoms with Gasteiger partial charge in [-0.25, -0.2) is 0 Å². The number of fused-ring (bicyclic) bond motifs is 3. The number of hydrogen-bond donors (Lipinski definition) is 3. The van der Waals surface area contributed by atoms with Gasteiger partial charge in [-0.2, -0.15) is 0 Å². The van der Waals surface area contributed by atoms with E-state index in [1.165, 1.54) is 0 Å². The van der Waals surface area contributed by atoms with Gasteiger partial charge in [-0.15, -0.1) is 0 Å². The van der Waals surface area contributed by atoms with Crippen LogP contribution in [0.1, 0.15) is 31.9 Å². The Bertz CT molecular complexity index is 1020. The number of oxime groups is 1. The minimum atomic E-state index is -0.604. The minimum Gasteiger partial charge on any atom is -0.490 e. The van der Waals surface area contributed by atoms with Gasteiger partial charge in [0.25, 0.3) is 0 Å². The summed E-state index contributed by atoms with van der Waals surface area (Å²) >= 11 is 0. The third-order valence-corrected chi connectivity index (χ3v) is 5.09. The average Bonchev–Trinajstić information content (AvgIpc) is 3.06. The zero-order chi connectivity index (χ0) is 22.4. The summed E-state index contributed by atoms with van der Waals surface area (Å²) in [5.74, 6) is 0.420. The summed E-state index contributed by atoms with van der Waals surface area (Å²) in [5, 5.41) is 18.3. The van der Waals surface area contributed by atoms with Crippen LogP contribution in [-0.2, 0) is 9.59 Å². The molecule has 0 aromatic heterocycles. The lowest BCUT2D eigenvalue weighted by Gasteiger charge is -2.28. The summed E-state index contributed by atoms with van der Waals surface area (Å²) < 4.78 is 5.78. The van der Waals surface area contributed by atoms with E-state index in [1.807, 2.05) is 69.3 Å². The fourth-order valence-corrected chi connectivity index (χ4v) is 3.57. The van der Waals surface area contributed by atoms with Crippen molar-refractivity contribution in [3.63, 3.8) is 0 Å². The second kappa shape index (κ2) is 9.47. The van der Waals surface area contributed by atoms with E-state index < -0.39 is 6.04 Å². The minimum absolute atomic E-state index is 0.237. The molecule has 0 bridgehead atoms. The predicted octanol–water partition coefficient (Wildman–Crippen LogP) is 3.11. The Morgan fingerprint density at radius 2 is 1.81 bits per heavy atom. The van der Waals surface area contributed by atoms with Crippen molar-refractivity contribution in [2.75, 3.05) is 13.2 Å². The molecule has 0 fully saturated rings. The van der Waals surface area contributed by atoms with Crippen molar-refractivity contribution in [3.8, 4) is 16.9 Å². The molecular formula is C24H27N3O4. The van der Waals surface area contributed by atoms with Gasteiger partial charge >= 0.3 is 0 Å². The van der Waals surface area contributed by atoms with E-state index in [0.29, 0.717) is 31.0 Å². The largest absolute Gasteiger partial charge is 0.490 e. The topological polar surface area (TPSA) is 100 Å². The van der Waals surface area contributed by atoms with E-state index in [1.54, 1.807) is 6.08 Å². The molecule has 0 spiro atoms. The first-order chi connectivity index (χ1) is 14.9. The quantitative estimate of drug-likeness (QED) is 0.225. The first kappa shape index (κ1) is 22.1. The fraction of sp³-hybridized carbons (Fsp3) is 0.292. The van der Waals surface area contributed by atoms with Crippen LogP contribution in [0.4, 0.5) is 0 Å². The Morgan fingerprint density at radius 1 is 1.10 bits per heavy atom. The first-order valence-electron chi connectivity index (χ1n) is 10.1. The van der Waals surface area contributed by atoms with Crippen molar-refractivity contribution >= 4 is 18.0 Å². The fourth-order valence-electron chi connectivity index (χ4n) is 3.57. The van der Waals surface area contributed by atoms with Gasteiger partial charge in [0.1, 0.15) is 24.1 Å². The van der Waals surface area contributed by atoms with Gasteiger partial charge < -0.3 is 20.6 Å². The van der Waals surface area contributed by atoms with E-state index in [0.717, 1.165) is 22.3 Å². The van der Waals surface area contributed by atoms with E-state index in [9.17, 15) is 14.8 Å². The van der Waals surface area contributed by atoms with Crippen LogP contribution in [0.3, 0.4) is 0 Å². The molecule has 162 valence electrons. The van der Waals surface area contributed by atoms with E-state index in [4.69, 9.17) is 4.74 Å². The third kappa shape index (κ3) is 4.94. The summed E-state index contributed by atoms with van der Waals surface area (Å²) in [4.78, 5) is 23.0. The molecule has 1 atom stereocenters. The maximum atomic E-state index is 12.3. The van der Waals surface area contributed by atoms with Crippen molar-refractivity contribution in [2.24, 2.45) is 10.6 Å². The molecule has 2 aromatic rings. The Morgan fingerprint density at radius 3 is 2.48 bits per heavy atom. The van der Waals surface area contributed by atoms with E-state index >= 15 is 0 Å². The monoisotopic (exact) mass is 421 g/mol. The van der Waals surface area contributed by atoms with Crippen LogP contribution in [0.15, 0.2) is 59.8 Å². The van der Waals surface area contributed by atoms with Gasteiger partial charge in [0, 0.05) is 17.7 Å². The number of nitrogens with one attached hydrogen (secondary N) is 2. The smallest absolute Gasteiger partial charge is 0.243 e. The number of amides is 2. The Hall–Kier alpha value is -3.61. The van der Waals surface area contributed by atoms with Crippen molar-refractivity contribution in [1.82, 2.24) is 10.6 Å². The van der Waals surface area contributed by atoms with Crippen LogP contribution in [0.5, 0.6) is 5.75 Å². The molecule has 0 unspecified atom stereocenters. The van der Waals surface area contributed by atoms with Gasteiger partial charge in [-0.3, -0.25) is 9.59 Å². The summed E-state index contributed by atoms with van der Waals surface area (Å²) in [5.41, 5.74) is 3.91. The molecule has 31 heavy (non-hydrogen) atoms. The van der Waals surface area contributed by atoms with Crippen LogP contribution < -0.4 is 15.4 Å². The molecule has 1 aliphatic carbocycles. The molecule has 7 nitrogen and oxygen atoms in total. The van der Waals surface area contributed by atoms with Crippen molar-refractivity contribution in [3.05, 3.63) is 65.7 Å². The van der Waals surface area contributed by atoms with Crippen LogP contribution >= 0.6 is 0 Å². The summed E-state index contributed by atoms with van der Waals surface area (Å²) in [6, 6.07) is 12.9. The van der Waals surface area contributed by atoms with Gasteiger partial charge in [0.05, 0.1) is 0 Å². The lowest BCUT2D eigenvalue weighted by molar-refractivity contribution is -0.127. The van der Waals surface area contributed by atoms with Gasteiger partial charge in [-0.1, -0.05) is 56.3 Å². The molecule has 2 aromatic carbocycles. The molecule has 0 radical (unpaired) electrons. The Labute approximate surface area is 181 Å². The van der Waals surface area contributed by atoms with Gasteiger partial charge in [0.2, 0.25) is 12.3 Å². The second-order valence-electron chi connectivity index (χ2n) is 8.31. The third-order valence-electron chi connectivity index (χ3n) is 5.09. The Kier molecular flexibility index (Phi) is 6.74. The highest BCUT2D eigenvalue weighted by molar-refractivity contribution is 6.24. The lowest BCUT2D eigenvalue weighted by Crippen LogP contribution is -2.51. The number of carbonyl (C=O) groups is 2. The standard InChI is InChI=1S/C24H27N3O4/c1-24(2,3)22(26-15-28)23(29)25-12-6-7-13-31-16-10-11-18-17-8-4-5-9-19(17)21(27-30)20(18)14-16/h4-11,14-15,22,30H,12-13H2,1-3H3,(H,25,29)(H,26,28)/b7-6+,27-21-/t22-/m0/s1. The highest BCUT2D eigenvalue weighted by atomic mass is 16.5. The Balaban J connectivity index is 1.54. The number of ether oxygens (including phenoxy) is 1. The summed E-state index contributed by atoms with van der Waals surface area (Å²) in [7, 11) is 0. The molecule has 7 heteroatoms. The maximum absolute atomic E-state index is 12.3. The molecule has 2 amide bonds. The van der Waals surface area contributed by atoms with Crippen LogP contribution in [0.25, 0.3) is 11.1 Å². The van der Waals surface area contributed by atoms with Crippen LogP contribution in [-0.4, -0.2) is 42.4 Å². The first-order valence-corrected chi connectivity index (χ1v) is 10.1. The number of rotatable bonds is 8. The number of benzene rings is 2. The highest BCUT2D eigenvalue weighted by Crippen LogP contribution is 2.38. The average molecular weight is 421 g/mol. The van der Waals surface area contributed by atoms with E-state index in [-0.39, 0.29) is 11.3 Å². The number of carbonyl (C=O) groups excluding carboxylic acids is 2. The molecule has 1 aliphatic rings. The summed E-state index contributed by atoms with van der Waals surface area (Å²) in [6.45, 7) is 6.32. The number of hydrogen-bond acceptors (Lipinski definition) is 5. The van der Waals surface area contributed by atoms with Crippen molar-refractivity contribution < 1.29 is 19.5 Å². The highest BCUT2D eigenvalue weighted by Gasteiger charge is 2.30. The van der Waals surface area contributed by atoms with Crippen LogP contribution in [0, 0.1) is 5.41 Å². The van der Waals surface area contributed by atoms with Gasteiger partial charge in [0.15, 0.2) is 0 Å². The lowest BCUT2D eigenvalue weighted by atomic mass is 9.86. The molecule has 0 aliphatic heterocycles. The molecule has 0 heterocycles. The number of nitrogens with zero attached hydrogens (tertiary/aromatic N) is 1. The SMILES string of the molecule is CC(C)(C)[C@@H](NC=O)C(=O)NC/C=C/COc1ccc2c(c1)/C(=N\O)c1ccccc1-2. The van der Waals surface area contributed by atoms with Crippen molar-refractivity contribution in [1.29, 1.82) is 0 Å². The molecule has 0 saturated carbocycles. The zero-order valence-corrected chi connectivity index (χ0v) is 17.9. The van der Waals surface area contributed by atoms with Crippen LogP contribution in [0.2, 0.25) is 0 Å². The normalized spacial score (nSPS) is 14.7. The second-order valence-corrected chi connectivity index (χ2v) is 8.31. The maximum Gasteiger partial charge on any atom is 0.243 e. The van der Waals surface area contributed by atoms with Gasteiger partial charge in [-0.05, 0) is 40.8 Å². The molecule has 3 N–H and O–H groups in total. The van der Waals surface area contributed by atoms with E-state index in [2.05, 4.69) is 15.8 Å². The zero-order valence-electron chi connectivity index (χ0n) is 17.9.